The van der Waals surface area contributed by atoms with Crippen molar-refractivity contribution < 1.29 is 27.9 Å². The number of nitrogens with zero attached hydrogens (tertiary/aromatic N) is 1. The number of hydrogen-bond acceptors (Lipinski definition) is 8. The molecule has 10 nitrogen and oxygen atoms in total. The molecular formula is C28H50N2O8Si3. The molecule has 0 bridgehead atoms. The third kappa shape index (κ3) is 6.18. The molecule has 1 aromatic heterocycles. The SMILES string of the molecule is CC(C)[Si]1(C(C)C)OC[C@H]2O[C@@H](n3ccc(=O)[nH]c3=O)[C@](C#C[Si](C)(C)C)(C(O)CO)[C@@H]2O[Si](C(C)C)(C(C)C)O1. The van der Waals surface area contributed by atoms with Crippen LogP contribution in [-0.4, -0.2) is 76.5 Å². The summed E-state index contributed by atoms with van der Waals surface area (Å²) in [5, 5.41) is 22.1. The summed E-state index contributed by atoms with van der Waals surface area (Å²) in [5.41, 5.74) is 0.777. The molecule has 2 aliphatic heterocycles. The fraction of sp³-hybridized carbons (Fsp3) is 0.786. The zero-order valence-electron chi connectivity index (χ0n) is 26.5. The van der Waals surface area contributed by atoms with E-state index < -0.39 is 73.0 Å². The molecule has 0 spiro atoms. The van der Waals surface area contributed by atoms with Crippen LogP contribution in [0.25, 0.3) is 0 Å². The maximum absolute atomic E-state index is 13.2. The van der Waals surface area contributed by atoms with Crippen molar-refractivity contribution in [2.45, 2.75) is 122 Å². The molecule has 3 rings (SSSR count). The summed E-state index contributed by atoms with van der Waals surface area (Å²) >= 11 is 0. The molecule has 13 heteroatoms. The fourth-order valence-corrected chi connectivity index (χ4v) is 18.0. The van der Waals surface area contributed by atoms with Crippen molar-refractivity contribution in [2.24, 2.45) is 5.41 Å². The van der Waals surface area contributed by atoms with Crippen LogP contribution in [0.1, 0.15) is 61.6 Å². The summed E-state index contributed by atoms with van der Waals surface area (Å²) in [7, 11) is -8.12. The molecular weight excluding hydrogens is 577 g/mol. The third-order valence-corrected chi connectivity index (χ3v) is 19.4. The number of H-pyrrole nitrogens is 1. The third-order valence-electron chi connectivity index (χ3n) is 8.33. The van der Waals surface area contributed by atoms with Crippen LogP contribution >= 0.6 is 0 Å². The lowest BCUT2D eigenvalue weighted by Crippen LogP contribution is -2.67. The minimum Gasteiger partial charge on any atom is -0.414 e. The number of rotatable bonds is 7. The monoisotopic (exact) mass is 626 g/mol. The van der Waals surface area contributed by atoms with E-state index in [9.17, 15) is 19.8 Å². The van der Waals surface area contributed by atoms with Gasteiger partial charge in [-0.15, -0.1) is 5.54 Å². The molecule has 41 heavy (non-hydrogen) atoms. The lowest BCUT2D eigenvalue weighted by Gasteiger charge is -2.52. The van der Waals surface area contributed by atoms with Gasteiger partial charge in [-0.2, -0.15) is 0 Å². The van der Waals surface area contributed by atoms with E-state index in [1.807, 2.05) is 0 Å². The fourth-order valence-electron chi connectivity index (χ4n) is 6.15. The van der Waals surface area contributed by atoms with E-state index in [1.165, 1.54) is 16.8 Å². The van der Waals surface area contributed by atoms with Crippen LogP contribution < -0.4 is 11.2 Å². The van der Waals surface area contributed by atoms with Crippen molar-refractivity contribution in [1.29, 1.82) is 0 Å². The molecule has 3 heterocycles. The largest absolute Gasteiger partial charge is 0.414 e. The van der Waals surface area contributed by atoms with Gasteiger partial charge in [0.2, 0.25) is 0 Å². The Morgan fingerprint density at radius 2 is 1.61 bits per heavy atom. The van der Waals surface area contributed by atoms with Crippen molar-refractivity contribution in [3.05, 3.63) is 33.1 Å². The van der Waals surface area contributed by atoms with Crippen molar-refractivity contribution >= 4 is 25.2 Å². The highest BCUT2D eigenvalue weighted by molar-refractivity contribution is 6.84. The van der Waals surface area contributed by atoms with E-state index in [0.29, 0.717) is 0 Å². The highest BCUT2D eigenvalue weighted by Gasteiger charge is 2.67. The molecule has 1 aromatic rings. The van der Waals surface area contributed by atoms with E-state index in [4.69, 9.17) is 17.7 Å². The average Bonchev–Trinajstić information content (AvgIpc) is 3.14. The minimum atomic E-state index is -3.18. The Bertz CT molecular complexity index is 1230. The van der Waals surface area contributed by atoms with Crippen molar-refractivity contribution in [1.82, 2.24) is 9.55 Å². The van der Waals surface area contributed by atoms with Gasteiger partial charge in [-0.05, 0) is 22.2 Å². The van der Waals surface area contributed by atoms with Crippen LogP contribution in [0.5, 0.6) is 0 Å². The number of aliphatic hydroxyl groups is 2. The minimum absolute atomic E-state index is 0.00185. The highest BCUT2D eigenvalue weighted by Crippen LogP contribution is 2.54. The Balaban J connectivity index is 2.41. The normalized spacial score (nSPS) is 28.8. The average molecular weight is 627 g/mol. The second-order valence-corrected chi connectivity index (χ2v) is 27.3. The Morgan fingerprint density at radius 1 is 1.05 bits per heavy atom. The zero-order valence-corrected chi connectivity index (χ0v) is 29.5. The lowest BCUT2D eigenvalue weighted by molar-refractivity contribution is -0.0863. The van der Waals surface area contributed by atoms with Crippen LogP contribution in [0.4, 0.5) is 0 Å². The second kappa shape index (κ2) is 12.3. The first-order valence-electron chi connectivity index (χ1n) is 14.7. The molecule has 0 radical (unpaired) electrons. The second-order valence-electron chi connectivity index (χ2n) is 13.7. The van der Waals surface area contributed by atoms with E-state index in [1.54, 1.807) is 0 Å². The zero-order chi connectivity index (χ0) is 31.1. The predicted octanol–water partition coefficient (Wildman–Crippen LogP) is 3.61. The Hall–Kier alpha value is -1.35. The van der Waals surface area contributed by atoms with Gasteiger partial charge in [0.1, 0.15) is 25.7 Å². The summed E-state index contributed by atoms with van der Waals surface area (Å²) in [6.45, 7) is 22.6. The first-order chi connectivity index (χ1) is 18.9. The van der Waals surface area contributed by atoms with Crippen LogP contribution in [0, 0.1) is 16.9 Å². The van der Waals surface area contributed by atoms with Crippen LogP contribution in [-0.2, 0) is 17.7 Å². The Kier molecular flexibility index (Phi) is 10.3. The van der Waals surface area contributed by atoms with Gasteiger partial charge >= 0.3 is 22.8 Å². The standard InChI is InChI=1S/C28H50N2O8Si3/c1-18(2)40(19(3)4)35-17-22-25(37-41(38-40,20(5)6)21(7)8)28(23(32)16-31,13-15-39(9,10)11)26(36-22)30-14-12-24(33)29-27(30)34/h12,14,18-23,25-26,31-32H,16-17H2,1-11H3,(H,29,33,34)/t22-,23?,25-,26-,28-/m1/s1. The molecule has 2 saturated heterocycles. The van der Waals surface area contributed by atoms with Crippen molar-refractivity contribution in [3.63, 3.8) is 0 Å². The summed E-state index contributed by atoms with van der Waals surface area (Å²) in [4.78, 5) is 27.4. The maximum atomic E-state index is 13.2. The number of nitrogens with one attached hydrogen (secondary N) is 1. The number of aromatic nitrogens is 2. The molecule has 0 aliphatic carbocycles. The van der Waals surface area contributed by atoms with Crippen LogP contribution in [0.2, 0.25) is 41.8 Å². The molecule has 1 unspecified atom stereocenters. The van der Waals surface area contributed by atoms with Gasteiger partial charge in [-0.3, -0.25) is 14.3 Å². The Labute approximate surface area is 247 Å². The molecule has 0 amide bonds. The van der Waals surface area contributed by atoms with E-state index in [0.717, 1.165) is 0 Å². The quantitative estimate of drug-likeness (QED) is 0.309. The highest BCUT2D eigenvalue weighted by atomic mass is 28.5. The molecule has 232 valence electrons. The topological polar surface area (TPSA) is 132 Å². The lowest BCUT2D eigenvalue weighted by atomic mass is 9.76. The summed E-state index contributed by atoms with van der Waals surface area (Å²) < 4.78 is 29.4. The smallest absolute Gasteiger partial charge is 0.335 e. The van der Waals surface area contributed by atoms with Gasteiger partial charge in [-0.25, -0.2) is 4.79 Å². The molecule has 0 saturated carbocycles. The first kappa shape index (κ1) is 34.1. The molecule has 2 fully saturated rings. The van der Waals surface area contributed by atoms with Gasteiger partial charge in [0, 0.05) is 12.3 Å². The van der Waals surface area contributed by atoms with Gasteiger partial charge in [-0.1, -0.05) is 81.0 Å². The summed E-state index contributed by atoms with van der Waals surface area (Å²) in [6, 6.07) is 1.23. The molecule has 2 aliphatic rings. The summed E-state index contributed by atoms with van der Waals surface area (Å²) in [5.74, 6) is 3.33. The predicted molar refractivity (Wildman–Crippen MR) is 166 cm³/mol. The summed E-state index contributed by atoms with van der Waals surface area (Å²) in [6.07, 6.45) is -2.88. The molecule has 5 atom stereocenters. The first-order valence-corrected chi connectivity index (χ1v) is 22.1. The maximum Gasteiger partial charge on any atom is 0.335 e. The van der Waals surface area contributed by atoms with Gasteiger partial charge < -0.3 is 27.9 Å². The number of aliphatic hydroxyl groups excluding tert-OH is 2. The molecule has 3 N–H and O–H groups in total. The van der Waals surface area contributed by atoms with E-state index >= 15 is 0 Å². The number of fused-ring (bicyclic) bond motifs is 1. The number of ether oxygens (including phenoxy) is 1. The van der Waals surface area contributed by atoms with Crippen LogP contribution in [0.15, 0.2) is 21.9 Å². The van der Waals surface area contributed by atoms with Gasteiger partial charge in [0.25, 0.3) is 5.56 Å². The van der Waals surface area contributed by atoms with Crippen molar-refractivity contribution in [3.8, 4) is 11.5 Å². The number of hydrogen-bond donors (Lipinski definition) is 3. The number of aromatic amines is 1. The van der Waals surface area contributed by atoms with Gasteiger partial charge in [0.15, 0.2) is 6.23 Å². The van der Waals surface area contributed by atoms with Gasteiger partial charge in [0.05, 0.1) is 19.3 Å². The van der Waals surface area contributed by atoms with E-state index in [2.05, 4.69) is 91.5 Å². The molecule has 0 aromatic carbocycles. The van der Waals surface area contributed by atoms with E-state index in [-0.39, 0.29) is 28.8 Å². The Morgan fingerprint density at radius 3 is 2.07 bits per heavy atom. The van der Waals surface area contributed by atoms with Crippen LogP contribution in [0.3, 0.4) is 0 Å². The van der Waals surface area contributed by atoms with Crippen molar-refractivity contribution in [2.75, 3.05) is 13.2 Å².